The average molecular weight is 286 g/mol. The molecule has 1 aromatic rings. The predicted octanol–water partition coefficient (Wildman–Crippen LogP) is 3.67. The van der Waals surface area contributed by atoms with E-state index in [9.17, 15) is 4.79 Å². The maximum absolute atomic E-state index is 11.7. The van der Waals surface area contributed by atoms with E-state index in [1.54, 1.807) is 0 Å². The van der Waals surface area contributed by atoms with Crippen LogP contribution in [0.2, 0.25) is 5.02 Å². The highest BCUT2D eigenvalue weighted by Gasteiger charge is 2.22. The normalized spacial score (nSPS) is 20.6. The van der Waals surface area contributed by atoms with Gasteiger partial charge in [-0.05, 0) is 30.5 Å². The van der Waals surface area contributed by atoms with Crippen molar-refractivity contribution in [2.45, 2.75) is 25.2 Å². The van der Waals surface area contributed by atoms with Crippen LogP contribution in [0.5, 0.6) is 0 Å². The zero-order chi connectivity index (χ0) is 13.0. The van der Waals surface area contributed by atoms with Crippen LogP contribution in [0.3, 0.4) is 0 Å². The van der Waals surface area contributed by atoms with Gasteiger partial charge in [0.1, 0.15) is 5.88 Å². The molecular formula is C14H17Cl2NO. The van der Waals surface area contributed by atoms with Crippen molar-refractivity contribution in [3.8, 4) is 0 Å². The van der Waals surface area contributed by atoms with Gasteiger partial charge < -0.3 is 4.90 Å². The van der Waals surface area contributed by atoms with Crippen molar-refractivity contribution in [2.75, 3.05) is 19.0 Å². The van der Waals surface area contributed by atoms with Gasteiger partial charge >= 0.3 is 0 Å². The Bertz CT molecular complexity index is 405. The second-order valence-corrected chi connectivity index (χ2v) is 5.42. The first-order chi connectivity index (χ1) is 8.70. The first kappa shape index (κ1) is 13.7. The first-order valence-corrected chi connectivity index (χ1v) is 7.21. The quantitative estimate of drug-likeness (QED) is 0.759. The number of halogens is 2. The molecule has 0 N–H and O–H groups in total. The Hall–Kier alpha value is -0.730. The van der Waals surface area contributed by atoms with E-state index in [1.807, 2.05) is 17.0 Å². The molecule has 1 atom stereocenters. The highest BCUT2D eigenvalue weighted by Crippen LogP contribution is 2.27. The molecule has 0 spiro atoms. The molecule has 98 valence electrons. The smallest absolute Gasteiger partial charge is 0.237 e. The summed E-state index contributed by atoms with van der Waals surface area (Å²) in [5.74, 6) is 0.516. The topological polar surface area (TPSA) is 20.3 Å². The van der Waals surface area contributed by atoms with Crippen LogP contribution in [0.4, 0.5) is 0 Å². The second kappa shape index (κ2) is 6.44. The number of amides is 1. The Morgan fingerprint density at radius 2 is 2.00 bits per heavy atom. The molecule has 1 aromatic carbocycles. The Kier molecular flexibility index (Phi) is 4.90. The fraction of sp³-hybridized carbons (Fsp3) is 0.500. The fourth-order valence-electron chi connectivity index (χ4n) is 2.46. The van der Waals surface area contributed by atoms with Gasteiger partial charge in [0.25, 0.3) is 0 Å². The minimum Gasteiger partial charge on any atom is -0.341 e. The van der Waals surface area contributed by atoms with Gasteiger partial charge in [0.05, 0.1) is 0 Å². The van der Waals surface area contributed by atoms with Crippen molar-refractivity contribution in [1.29, 1.82) is 0 Å². The van der Waals surface area contributed by atoms with Crippen molar-refractivity contribution in [2.24, 2.45) is 0 Å². The maximum Gasteiger partial charge on any atom is 0.237 e. The Labute approximate surface area is 118 Å². The molecule has 2 nitrogen and oxygen atoms in total. The summed E-state index contributed by atoms with van der Waals surface area (Å²) in [4.78, 5) is 13.6. The zero-order valence-electron chi connectivity index (χ0n) is 10.2. The molecular weight excluding hydrogens is 269 g/mol. The summed E-state index contributed by atoms with van der Waals surface area (Å²) in [6, 6.07) is 7.94. The van der Waals surface area contributed by atoms with E-state index in [-0.39, 0.29) is 11.8 Å². The van der Waals surface area contributed by atoms with Gasteiger partial charge in [-0.2, -0.15) is 0 Å². The van der Waals surface area contributed by atoms with E-state index < -0.39 is 0 Å². The van der Waals surface area contributed by atoms with Crippen LogP contribution >= 0.6 is 23.2 Å². The summed E-state index contributed by atoms with van der Waals surface area (Å²) in [7, 11) is 0. The number of alkyl halides is 1. The average Bonchev–Trinajstić information content (AvgIpc) is 2.64. The second-order valence-electron chi connectivity index (χ2n) is 4.72. The van der Waals surface area contributed by atoms with Crippen molar-refractivity contribution < 1.29 is 4.79 Å². The number of carbonyl (C=O) groups is 1. The van der Waals surface area contributed by atoms with Gasteiger partial charge in [-0.1, -0.05) is 30.2 Å². The Morgan fingerprint density at radius 3 is 2.67 bits per heavy atom. The van der Waals surface area contributed by atoms with E-state index in [0.717, 1.165) is 37.4 Å². The fourth-order valence-corrected chi connectivity index (χ4v) is 2.76. The van der Waals surface area contributed by atoms with Crippen molar-refractivity contribution in [1.82, 2.24) is 4.90 Å². The zero-order valence-corrected chi connectivity index (χ0v) is 11.8. The van der Waals surface area contributed by atoms with Crippen molar-refractivity contribution in [3.05, 3.63) is 34.9 Å². The largest absolute Gasteiger partial charge is 0.341 e. The van der Waals surface area contributed by atoms with E-state index in [2.05, 4.69) is 12.1 Å². The molecule has 4 heteroatoms. The predicted molar refractivity (Wildman–Crippen MR) is 75.3 cm³/mol. The lowest BCUT2D eigenvalue weighted by Crippen LogP contribution is -2.34. The van der Waals surface area contributed by atoms with Crippen LogP contribution < -0.4 is 0 Å². The number of nitrogens with zero attached hydrogens (tertiary/aromatic N) is 1. The van der Waals surface area contributed by atoms with Crippen LogP contribution in [0.15, 0.2) is 24.3 Å². The molecule has 1 aliphatic rings. The van der Waals surface area contributed by atoms with Crippen molar-refractivity contribution in [3.63, 3.8) is 0 Å². The Balaban J connectivity index is 2.11. The Morgan fingerprint density at radius 1 is 1.28 bits per heavy atom. The minimum atomic E-state index is 0.0394. The first-order valence-electron chi connectivity index (χ1n) is 6.30. The van der Waals surface area contributed by atoms with Gasteiger partial charge in [0.2, 0.25) is 5.91 Å². The van der Waals surface area contributed by atoms with Crippen molar-refractivity contribution >= 4 is 29.1 Å². The highest BCUT2D eigenvalue weighted by molar-refractivity contribution is 6.30. The summed E-state index contributed by atoms with van der Waals surface area (Å²) in [6.07, 6.45) is 3.33. The van der Waals surface area contributed by atoms with Gasteiger partial charge in [0, 0.05) is 24.0 Å². The lowest BCUT2D eigenvalue weighted by molar-refractivity contribution is -0.128. The van der Waals surface area contributed by atoms with Gasteiger partial charge in [-0.25, -0.2) is 0 Å². The van der Waals surface area contributed by atoms with E-state index >= 15 is 0 Å². The molecule has 0 aromatic heterocycles. The molecule has 1 fully saturated rings. The number of hydrogen-bond acceptors (Lipinski definition) is 1. The molecule has 2 rings (SSSR count). The van der Waals surface area contributed by atoms with Crippen LogP contribution in [-0.4, -0.2) is 29.8 Å². The van der Waals surface area contributed by atoms with Crippen LogP contribution in [-0.2, 0) is 4.79 Å². The molecule has 1 saturated heterocycles. The van der Waals surface area contributed by atoms with E-state index in [0.29, 0.717) is 5.92 Å². The van der Waals surface area contributed by atoms with Crippen LogP contribution in [0.1, 0.15) is 30.7 Å². The van der Waals surface area contributed by atoms with E-state index in [1.165, 1.54) is 5.56 Å². The standard InChI is InChI=1S/C14H17Cl2NO/c15-9-14(18)17-8-2-1-3-12(10-17)11-4-6-13(16)7-5-11/h4-7,12H,1-3,8-10H2. The summed E-state index contributed by atoms with van der Waals surface area (Å²) in [5, 5.41) is 0.751. The lowest BCUT2D eigenvalue weighted by atomic mass is 9.94. The van der Waals surface area contributed by atoms with Crippen LogP contribution in [0.25, 0.3) is 0 Å². The molecule has 1 heterocycles. The van der Waals surface area contributed by atoms with Crippen LogP contribution in [0, 0.1) is 0 Å². The number of hydrogen-bond donors (Lipinski definition) is 0. The summed E-state index contributed by atoms with van der Waals surface area (Å²) in [6.45, 7) is 1.60. The van der Waals surface area contributed by atoms with E-state index in [4.69, 9.17) is 23.2 Å². The van der Waals surface area contributed by atoms with Gasteiger partial charge in [-0.15, -0.1) is 11.6 Å². The summed E-state index contributed by atoms with van der Waals surface area (Å²) < 4.78 is 0. The maximum atomic E-state index is 11.7. The molecule has 18 heavy (non-hydrogen) atoms. The third kappa shape index (κ3) is 3.39. The number of benzene rings is 1. The molecule has 0 radical (unpaired) electrons. The monoisotopic (exact) mass is 285 g/mol. The third-order valence-corrected chi connectivity index (χ3v) is 3.96. The highest BCUT2D eigenvalue weighted by atomic mass is 35.5. The number of rotatable bonds is 2. The SMILES string of the molecule is O=C(CCl)N1CCCCC(c2ccc(Cl)cc2)C1. The molecule has 1 aliphatic heterocycles. The molecule has 1 amide bonds. The summed E-state index contributed by atoms with van der Waals surface area (Å²) >= 11 is 11.5. The summed E-state index contributed by atoms with van der Waals surface area (Å²) in [5.41, 5.74) is 1.26. The third-order valence-electron chi connectivity index (χ3n) is 3.48. The van der Waals surface area contributed by atoms with Gasteiger partial charge in [-0.3, -0.25) is 4.79 Å². The number of likely N-dealkylation sites (tertiary alicyclic amines) is 1. The molecule has 0 saturated carbocycles. The molecule has 0 bridgehead atoms. The molecule has 1 unspecified atom stereocenters. The molecule has 0 aliphatic carbocycles. The lowest BCUT2D eigenvalue weighted by Gasteiger charge is -2.24. The minimum absolute atomic E-state index is 0.0394. The van der Waals surface area contributed by atoms with Gasteiger partial charge in [0.15, 0.2) is 0 Å². The number of carbonyl (C=O) groups excluding carboxylic acids is 1.